The number of aromatic nitrogens is 3. The molecule has 0 atom stereocenters. The second kappa shape index (κ2) is 8.24. The Bertz CT molecular complexity index is 1040. The number of rotatable bonds is 6. The monoisotopic (exact) mass is 397 g/mol. The van der Waals surface area contributed by atoms with Gasteiger partial charge in [0, 0.05) is 31.9 Å². The number of carbonyl (C=O) groups excluding carboxylic acids is 1. The molecule has 0 saturated carbocycles. The molecule has 8 nitrogen and oxygen atoms in total. The van der Waals surface area contributed by atoms with Crippen LogP contribution in [0.2, 0.25) is 0 Å². The number of anilines is 1. The van der Waals surface area contributed by atoms with Crippen LogP contribution in [-0.2, 0) is 23.0 Å². The van der Waals surface area contributed by atoms with Crippen LogP contribution in [0.25, 0.3) is 21.9 Å². The number of nitrogens with zero attached hydrogens (tertiary/aromatic N) is 4. The molecule has 0 bridgehead atoms. The van der Waals surface area contributed by atoms with Crippen molar-refractivity contribution in [3.8, 4) is 5.75 Å². The molecule has 1 amide bonds. The number of hydrogen-bond acceptors (Lipinski definition) is 6. The summed E-state index contributed by atoms with van der Waals surface area (Å²) in [6.45, 7) is 4.54. The maximum Gasteiger partial charge on any atom is 0.260 e. The minimum absolute atomic E-state index is 0.00415. The molecule has 3 heterocycles. The lowest BCUT2D eigenvalue weighted by Crippen LogP contribution is -2.42. The third-order valence-corrected chi connectivity index (χ3v) is 5.37. The predicted octanol–water partition coefficient (Wildman–Crippen LogP) is 2.28. The van der Waals surface area contributed by atoms with Crippen molar-refractivity contribution >= 4 is 33.7 Å². The van der Waals surface area contributed by atoms with Gasteiger partial charge in [-0.3, -0.25) is 4.79 Å². The van der Waals surface area contributed by atoms with E-state index in [0.717, 1.165) is 41.5 Å². The van der Waals surface area contributed by atoms with E-state index in [2.05, 4.69) is 16.5 Å². The van der Waals surface area contributed by atoms with E-state index in [-0.39, 0.29) is 12.5 Å². The number of imidazole rings is 1. The molecule has 4 rings (SSSR count). The molecule has 29 heavy (non-hydrogen) atoms. The first-order valence-electron chi connectivity index (χ1n) is 10.1. The Balaban J connectivity index is 1.63. The van der Waals surface area contributed by atoms with E-state index < -0.39 is 0 Å². The standard InChI is InChI=1S/C21H27N5O3/c1-3-4-5-17-24-19-20(25(17)2)15-12-14(6-7-16(15)23-21(19)22)29-13-18(27)26-8-10-28-11-9-26/h6-7,12H,3-5,8-11,13H2,1-2H3,(H2,22,23). The zero-order valence-corrected chi connectivity index (χ0v) is 17.0. The molecule has 2 aromatic heterocycles. The molecule has 1 aliphatic rings. The van der Waals surface area contributed by atoms with E-state index in [1.807, 2.05) is 25.2 Å². The number of unbranched alkanes of at least 4 members (excludes halogenated alkanes) is 1. The highest BCUT2D eigenvalue weighted by Gasteiger charge is 2.18. The normalized spacial score (nSPS) is 14.6. The molecule has 1 saturated heterocycles. The van der Waals surface area contributed by atoms with Gasteiger partial charge < -0.3 is 24.7 Å². The summed E-state index contributed by atoms with van der Waals surface area (Å²) < 4.78 is 13.2. The average Bonchev–Trinajstić information content (AvgIpc) is 3.08. The van der Waals surface area contributed by atoms with Gasteiger partial charge in [0.15, 0.2) is 12.4 Å². The first-order valence-corrected chi connectivity index (χ1v) is 10.1. The van der Waals surface area contributed by atoms with Gasteiger partial charge in [0.2, 0.25) is 0 Å². The third-order valence-electron chi connectivity index (χ3n) is 5.37. The summed E-state index contributed by atoms with van der Waals surface area (Å²) in [6, 6.07) is 5.61. The number of ether oxygens (including phenoxy) is 2. The van der Waals surface area contributed by atoms with Gasteiger partial charge >= 0.3 is 0 Å². The van der Waals surface area contributed by atoms with Crippen molar-refractivity contribution in [3.63, 3.8) is 0 Å². The highest BCUT2D eigenvalue weighted by molar-refractivity contribution is 6.07. The van der Waals surface area contributed by atoms with E-state index in [0.29, 0.717) is 43.4 Å². The van der Waals surface area contributed by atoms with Crippen molar-refractivity contribution in [3.05, 3.63) is 24.0 Å². The molecule has 0 aliphatic carbocycles. The molecule has 8 heteroatoms. The topological polar surface area (TPSA) is 95.5 Å². The fourth-order valence-electron chi connectivity index (χ4n) is 3.71. The number of fused-ring (bicyclic) bond motifs is 3. The summed E-state index contributed by atoms with van der Waals surface area (Å²) in [6.07, 6.45) is 3.07. The molecular formula is C21H27N5O3. The van der Waals surface area contributed by atoms with E-state index in [1.54, 1.807) is 4.90 Å². The van der Waals surface area contributed by atoms with Crippen molar-refractivity contribution in [1.82, 2.24) is 19.4 Å². The number of benzene rings is 1. The zero-order valence-electron chi connectivity index (χ0n) is 17.0. The molecule has 1 fully saturated rings. The van der Waals surface area contributed by atoms with Crippen LogP contribution < -0.4 is 10.5 Å². The minimum atomic E-state index is -0.0311. The maximum atomic E-state index is 12.4. The summed E-state index contributed by atoms with van der Waals surface area (Å²) in [5, 5.41) is 0.920. The summed E-state index contributed by atoms with van der Waals surface area (Å²) in [7, 11) is 2.01. The Kier molecular flexibility index (Phi) is 5.53. The molecule has 0 radical (unpaired) electrons. The molecule has 154 valence electrons. The van der Waals surface area contributed by atoms with Crippen molar-refractivity contribution in [2.45, 2.75) is 26.2 Å². The summed E-state index contributed by atoms with van der Waals surface area (Å²) in [5.74, 6) is 2.03. The fourth-order valence-corrected chi connectivity index (χ4v) is 3.71. The Hall–Kier alpha value is -2.87. The SMILES string of the molecule is CCCCc1nc2c(N)nc3ccc(OCC(=O)N4CCOCC4)cc3c2n1C. The lowest BCUT2D eigenvalue weighted by molar-refractivity contribution is -0.137. The predicted molar refractivity (Wildman–Crippen MR) is 112 cm³/mol. The Morgan fingerprint density at radius 2 is 2.07 bits per heavy atom. The highest BCUT2D eigenvalue weighted by atomic mass is 16.5. The first-order chi connectivity index (χ1) is 14.1. The van der Waals surface area contributed by atoms with Crippen LogP contribution in [0.15, 0.2) is 18.2 Å². The van der Waals surface area contributed by atoms with Gasteiger partial charge in [-0.25, -0.2) is 9.97 Å². The van der Waals surface area contributed by atoms with Crippen LogP contribution in [0, 0.1) is 0 Å². The van der Waals surface area contributed by atoms with Crippen LogP contribution >= 0.6 is 0 Å². The number of morpholine rings is 1. The quantitative estimate of drug-likeness (QED) is 0.686. The van der Waals surface area contributed by atoms with E-state index in [9.17, 15) is 4.79 Å². The summed E-state index contributed by atoms with van der Waals surface area (Å²) in [5.41, 5.74) is 8.62. The molecular weight excluding hydrogens is 370 g/mol. The Morgan fingerprint density at radius 1 is 1.28 bits per heavy atom. The van der Waals surface area contributed by atoms with Crippen molar-refractivity contribution < 1.29 is 14.3 Å². The number of hydrogen-bond donors (Lipinski definition) is 1. The molecule has 3 aromatic rings. The van der Waals surface area contributed by atoms with Crippen LogP contribution in [0.4, 0.5) is 5.82 Å². The second-order valence-electron chi connectivity index (χ2n) is 7.35. The van der Waals surface area contributed by atoms with E-state index in [4.69, 9.17) is 20.2 Å². The van der Waals surface area contributed by atoms with Gasteiger partial charge in [-0.1, -0.05) is 13.3 Å². The molecule has 1 aliphatic heterocycles. The Morgan fingerprint density at radius 3 is 2.83 bits per heavy atom. The number of nitrogen functional groups attached to an aromatic ring is 1. The number of nitrogens with two attached hydrogens (primary N) is 1. The molecule has 0 spiro atoms. The maximum absolute atomic E-state index is 12.4. The van der Waals surface area contributed by atoms with Crippen LogP contribution in [0.1, 0.15) is 25.6 Å². The molecule has 0 unspecified atom stereocenters. The minimum Gasteiger partial charge on any atom is -0.484 e. The van der Waals surface area contributed by atoms with Crippen molar-refractivity contribution in [2.24, 2.45) is 7.05 Å². The largest absolute Gasteiger partial charge is 0.484 e. The van der Waals surface area contributed by atoms with E-state index >= 15 is 0 Å². The number of carbonyl (C=O) groups is 1. The van der Waals surface area contributed by atoms with Crippen LogP contribution in [0.3, 0.4) is 0 Å². The van der Waals surface area contributed by atoms with Gasteiger partial charge in [0.05, 0.1) is 24.2 Å². The first kappa shape index (κ1) is 19.4. The smallest absolute Gasteiger partial charge is 0.260 e. The van der Waals surface area contributed by atoms with Gasteiger partial charge in [-0.05, 0) is 24.6 Å². The highest BCUT2D eigenvalue weighted by Crippen LogP contribution is 2.31. The Labute approximate surface area is 169 Å². The summed E-state index contributed by atoms with van der Waals surface area (Å²) >= 11 is 0. The lowest BCUT2D eigenvalue weighted by Gasteiger charge is -2.26. The number of amides is 1. The fraction of sp³-hybridized carbons (Fsp3) is 0.476. The third kappa shape index (κ3) is 3.85. The van der Waals surface area contributed by atoms with Crippen LogP contribution in [0.5, 0.6) is 5.75 Å². The van der Waals surface area contributed by atoms with Gasteiger partial charge in [0.1, 0.15) is 17.1 Å². The average molecular weight is 397 g/mol. The zero-order chi connectivity index (χ0) is 20.4. The number of pyridine rings is 1. The van der Waals surface area contributed by atoms with Crippen LogP contribution in [-0.4, -0.2) is 58.3 Å². The summed E-state index contributed by atoms with van der Waals surface area (Å²) in [4.78, 5) is 23.4. The number of aryl methyl sites for hydroxylation is 2. The van der Waals surface area contributed by atoms with Gasteiger partial charge in [-0.2, -0.15) is 0 Å². The van der Waals surface area contributed by atoms with E-state index in [1.165, 1.54) is 0 Å². The van der Waals surface area contributed by atoms with Crippen molar-refractivity contribution in [2.75, 3.05) is 38.6 Å². The molecule has 1 aromatic carbocycles. The van der Waals surface area contributed by atoms with Crippen molar-refractivity contribution in [1.29, 1.82) is 0 Å². The van der Waals surface area contributed by atoms with Gasteiger partial charge in [-0.15, -0.1) is 0 Å². The van der Waals surface area contributed by atoms with Gasteiger partial charge in [0.25, 0.3) is 5.91 Å². The lowest BCUT2D eigenvalue weighted by atomic mass is 10.1. The molecule has 2 N–H and O–H groups in total. The second-order valence-corrected chi connectivity index (χ2v) is 7.35.